The van der Waals surface area contributed by atoms with Gasteiger partial charge in [-0.15, -0.1) is 0 Å². The van der Waals surface area contributed by atoms with Crippen molar-refractivity contribution in [2.24, 2.45) is 0 Å². The van der Waals surface area contributed by atoms with Crippen LogP contribution in [-0.2, 0) is 16.0 Å². The molecule has 0 aliphatic carbocycles. The molecule has 1 N–H and O–H groups in total. The fourth-order valence-electron chi connectivity index (χ4n) is 2.37. The summed E-state index contributed by atoms with van der Waals surface area (Å²) in [5.74, 6) is -0.564. The van der Waals surface area contributed by atoms with Gasteiger partial charge in [0.25, 0.3) is 5.91 Å². The van der Waals surface area contributed by atoms with Crippen LogP contribution in [0.25, 0.3) is 0 Å². The van der Waals surface area contributed by atoms with Crippen molar-refractivity contribution in [2.75, 3.05) is 20.6 Å². The molecular weight excluding hydrogens is 284 g/mol. The van der Waals surface area contributed by atoms with Crippen LogP contribution in [0.3, 0.4) is 0 Å². The molecule has 1 atom stereocenters. The molecule has 1 saturated heterocycles. The van der Waals surface area contributed by atoms with Crippen LogP contribution in [0.2, 0.25) is 0 Å². The predicted octanol–water partition coefficient (Wildman–Crippen LogP) is 0.413. The summed E-state index contributed by atoms with van der Waals surface area (Å²) in [5.41, 5.74) is 0.981. The normalized spacial score (nSPS) is 18.0. The summed E-state index contributed by atoms with van der Waals surface area (Å²) in [6, 6.07) is 4.65. The molecular formula is C15H20N4O3. The maximum Gasteiger partial charge on any atom is 0.326 e. The number of urea groups is 1. The second-order valence-corrected chi connectivity index (χ2v) is 5.29. The fraction of sp³-hybridized carbons (Fsp3) is 0.467. The van der Waals surface area contributed by atoms with Crippen molar-refractivity contribution in [3.63, 3.8) is 0 Å². The Morgan fingerprint density at radius 2 is 2.09 bits per heavy atom. The highest BCUT2D eigenvalue weighted by molar-refractivity contribution is 6.05. The SMILES string of the molecule is CN1C(=O)[C@H](CC(=O)NCCCc2ccccn2)N(C)C1=O. The number of nitrogens with one attached hydrogen (secondary N) is 1. The smallest absolute Gasteiger partial charge is 0.326 e. The standard InChI is InChI=1S/C15H20N4O3/c1-18-12(14(21)19(2)15(18)22)10-13(20)17-9-5-7-11-6-3-4-8-16-11/h3-4,6,8,12H,5,7,9-10H2,1-2H3,(H,17,20)/t12-/m0/s1. The Bertz CT molecular complexity index is 561. The number of likely N-dealkylation sites (N-methyl/N-ethyl adjacent to an activating group) is 2. The van der Waals surface area contributed by atoms with Gasteiger partial charge in [0, 0.05) is 32.5 Å². The van der Waals surface area contributed by atoms with Gasteiger partial charge >= 0.3 is 6.03 Å². The molecule has 2 heterocycles. The molecule has 0 saturated carbocycles. The molecule has 7 nitrogen and oxygen atoms in total. The van der Waals surface area contributed by atoms with Gasteiger partial charge in [-0.1, -0.05) is 6.07 Å². The van der Waals surface area contributed by atoms with Crippen LogP contribution >= 0.6 is 0 Å². The molecule has 22 heavy (non-hydrogen) atoms. The minimum absolute atomic E-state index is 0.00496. The summed E-state index contributed by atoms with van der Waals surface area (Å²) in [6.45, 7) is 0.518. The van der Waals surface area contributed by atoms with E-state index in [1.807, 2.05) is 18.2 Å². The van der Waals surface area contributed by atoms with Crippen LogP contribution < -0.4 is 5.32 Å². The van der Waals surface area contributed by atoms with E-state index in [0.29, 0.717) is 6.54 Å². The van der Waals surface area contributed by atoms with E-state index in [0.717, 1.165) is 23.4 Å². The first-order chi connectivity index (χ1) is 10.5. The summed E-state index contributed by atoms with van der Waals surface area (Å²) < 4.78 is 0. The molecule has 0 aromatic carbocycles. The Morgan fingerprint density at radius 3 is 2.68 bits per heavy atom. The topological polar surface area (TPSA) is 82.6 Å². The van der Waals surface area contributed by atoms with Crippen molar-refractivity contribution in [2.45, 2.75) is 25.3 Å². The molecule has 0 unspecified atom stereocenters. The van der Waals surface area contributed by atoms with Gasteiger partial charge in [0.05, 0.1) is 6.42 Å². The lowest BCUT2D eigenvalue weighted by molar-refractivity contribution is -0.131. The van der Waals surface area contributed by atoms with E-state index in [9.17, 15) is 14.4 Å². The van der Waals surface area contributed by atoms with E-state index in [1.165, 1.54) is 19.0 Å². The molecule has 1 fully saturated rings. The zero-order valence-electron chi connectivity index (χ0n) is 12.8. The minimum Gasteiger partial charge on any atom is -0.356 e. The summed E-state index contributed by atoms with van der Waals surface area (Å²) in [6.07, 6.45) is 3.29. The number of nitrogens with zero attached hydrogens (tertiary/aromatic N) is 3. The van der Waals surface area contributed by atoms with Crippen molar-refractivity contribution >= 4 is 17.8 Å². The van der Waals surface area contributed by atoms with Crippen molar-refractivity contribution in [1.82, 2.24) is 20.1 Å². The van der Waals surface area contributed by atoms with Crippen molar-refractivity contribution in [3.8, 4) is 0 Å². The average molecular weight is 304 g/mol. The largest absolute Gasteiger partial charge is 0.356 e. The maximum atomic E-state index is 11.9. The number of carbonyl (C=O) groups is 3. The molecule has 0 radical (unpaired) electrons. The fourth-order valence-corrected chi connectivity index (χ4v) is 2.37. The third-order valence-corrected chi connectivity index (χ3v) is 3.71. The first-order valence-electron chi connectivity index (χ1n) is 7.21. The van der Waals surface area contributed by atoms with Gasteiger partial charge < -0.3 is 10.2 Å². The number of pyridine rings is 1. The molecule has 1 aromatic heterocycles. The summed E-state index contributed by atoms with van der Waals surface area (Å²) >= 11 is 0. The van der Waals surface area contributed by atoms with Crippen LogP contribution in [0.15, 0.2) is 24.4 Å². The quantitative estimate of drug-likeness (QED) is 0.609. The van der Waals surface area contributed by atoms with Gasteiger partial charge in [-0.3, -0.25) is 19.5 Å². The lowest BCUT2D eigenvalue weighted by Gasteiger charge is -2.15. The zero-order valence-corrected chi connectivity index (χ0v) is 12.8. The van der Waals surface area contributed by atoms with Gasteiger partial charge in [0.2, 0.25) is 5.91 Å². The van der Waals surface area contributed by atoms with E-state index < -0.39 is 6.04 Å². The summed E-state index contributed by atoms with van der Waals surface area (Å²) in [7, 11) is 2.95. The first kappa shape index (κ1) is 15.9. The molecule has 2 rings (SSSR count). The molecule has 118 valence electrons. The number of aryl methyl sites for hydroxylation is 1. The predicted molar refractivity (Wildman–Crippen MR) is 79.9 cm³/mol. The molecule has 1 aliphatic rings. The number of hydrogen-bond acceptors (Lipinski definition) is 4. The Kier molecular flexibility index (Phi) is 5.08. The summed E-state index contributed by atoms with van der Waals surface area (Å²) in [5, 5.41) is 2.78. The third-order valence-electron chi connectivity index (χ3n) is 3.71. The highest BCUT2D eigenvalue weighted by Gasteiger charge is 2.41. The maximum absolute atomic E-state index is 11.9. The zero-order chi connectivity index (χ0) is 16.1. The van der Waals surface area contributed by atoms with Crippen molar-refractivity contribution < 1.29 is 14.4 Å². The second kappa shape index (κ2) is 7.02. The van der Waals surface area contributed by atoms with E-state index in [4.69, 9.17) is 0 Å². The Morgan fingerprint density at radius 1 is 1.32 bits per heavy atom. The highest BCUT2D eigenvalue weighted by atomic mass is 16.2. The number of aromatic nitrogens is 1. The third kappa shape index (κ3) is 3.60. The van der Waals surface area contributed by atoms with Crippen LogP contribution in [0.1, 0.15) is 18.5 Å². The monoisotopic (exact) mass is 304 g/mol. The van der Waals surface area contributed by atoms with Gasteiger partial charge in [-0.25, -0.2) is 4.79 Å². The Hall–Kier alpha value is -2.44. The number of imide groups is 1. The number of amides is 4. The lowest BCUT2D eigenvalue weighted by atomic mass is 10.1. The minimum atomic E-state index is -0.701. The first-order valence-corrected chi connectivity index (χ1v) is 7.21. The number of rotatable bonds is 6. The van der Waals surface area contributed by atoms with E-state index in [1.54, 1.807) is 6.20 Å². The molecule has 1 aromatic rings. The van der Waals surface area contributed by atoms with Crippen LogP contribution in [0.4, 0.5) is 4.79 Å². The van der Waals surface area contributed by atoms with Gasteiger partial charge in [0.15, 0.2) is 0 Å². The molecule has 1 aliphatic heterocycles. The van der Waals surface area contributed by atoms with Gasteiger partial charge in [-0.05, 0) is 25.0 Å². The lowest BCUT2D eigenvalue weighted by Crippen LogP contribution is -2.37. The average Bonchev–Trinajstić information content (AvgIpc) is 2.70. The molecule has 0 spiro atoms. The molecule has 7 heteroatoms. The van der Waals surface area contributed by atoms with Crippen LogP contribution in [-0.4, -0.2) is 59.3 Å². The molecule has 0 bridgehead atoms. The van der Waals surface area contributed by atoms with Gasteiger partial charge in [0.1, 0.15) is 6.04 Å². The van der Waals surface area contributed by atoms with Gasteiger partial charge in [-0.2, -0.15) is 0 Å². The number of carbonyl (C=O) groups excluding carboxylic acids is 3. The number of hydrogen-bond donors (Lipinski definition) is 1. The van der Waals surface area contributed by atoms with E-state index in [-0.39, 0.29) is 24.3 Å². The second-order valence-electron chi connectivity index (χ2n) is 5.29. The van der Waals surface area contributed by atoms with Crippen LogP contribution in [0, 0.1) is 0 Å². The summed E-state index contributed by atoms with van der Waals surface area (Å²) in [4.78, 5) is 41.9. The Labute approximate surface area is 129 Å². The highest BCUT2D eigenvalue weighted by Crippen LogP contribution is 2.16. The van der Waals surface area contributed by atoms with Crippen molar-refractivity contribution in [3.05, 3.63) is 30.1 Å². The van der Waals surface area contributed by atoms with E-state index >= 15 is 0 Å². The Balaban J connectivity index is 1.72. The van der Waals surface area contributed by atoms with E-state index in [2.05, 4.69) is 10.3 Å². The van der Waals surface area contributed by atoms with Crippen LogP contribution in [0.5, 0.6) is 0 Å². The van der Waals surface area contributed by atoms with Crippen molar-refractivity contribution in [1.29, 1.82) is 0 Å². The molecule has 4 amide bonds.